The van der Waals surface area contributed by atoms with E-state index in [1.807, 2.05) is 24.0 Å². The molecule has 0 saturated carbocycles. The van der Waals surface area contributed by atoms with Crippen molar-refractivity contribution in [1.82, 2.24) is 9.80 Å². The average molecular weight is 364 g/mol. The van der Waals surface area contributed by atoms with E-state index in [-0.39, 0.29) is 11.8 Å². The molecule has 6 nitrogen and oxygen atoms in total. The molecule has 1 aliphatic rings. The van der Waals surface area contributed by atoms with Gasteiger partial charge in [0.1, 0.15) is 0 Å². The third-order valence-electron chi connectivity index (χ3n) is 5.01. The lowest BCUT2D eigenvalue weighted by atomic mass is 10.0. The molecule has 1 saturated heterocycles. The number of benzene rings is 1. The van der Waals surface area contributed by atoms with Crippen molar-refractivity contribution in [1.29, 1.82) is 0 Å². The van der Waals surface area contributed by atoms with Crippen molar-refractivity contribution in [3.63, 3.8) is 0 Å². The Balaban J connectivity index is 2.00. The second-order valence-electron chi connectivity index (χ2n) is 6.78. The van der Waals surface area contributed by atoms with Crippen LogP contribution in [0.15, 0.2) is 12.1 Å². The monoisotopic (exact) mass is 364 g/mol. The fourth-order valence-corrected chi connectivity index (χ4v) is 3.52. The van der Waals surface area contributed by atoms with Gasteiger partial charge in [0, 0.05) is 44.2 Å². The van der Waals surface area contributed by atoms with Gasteiger partial charge in [0.2, 0.25) is 11.7 Å². The van der Waals surface area contributed by atoms with Crippen LogP contribution < -0.4 is 14.2 Å². The minimum atomic E-state index is 0.123. The Hall–Kier alpha value is -1.95. The van der Waals surface area contributed by atoms with Gasteiger partial charge in [0.05, 0.1) is 21.3 Å². The molecular weight excluding hydrogens is 332 g/mol. The lowest BCUT2D eigenvalue weighted by Gasteiger charge is -2.36. The van der Waals surface area contributed by atoms with Gasteiger partial charge in [0.25, 0.3) is 0 Å². The zero-order valence-corrected chi connectivity index (χ0v) is 16.7. The molecule has 0 bridgehead atoms. The molecule has 1 aromatic rings. The van der Waals surface area contributed by atoms with Crippen molar-refractivity contribution in [2.24, 2.45) is 5.92 Å². The number of ether oxygens (including phenoxy) is 3. The first-order chi connectivity index (χ1) is 12.5. The van der Waals surface area contributed by atoms with E-state index >= 15 is 0 Å². The summed E-state index contributed by atoms with van der Waals surface area (Å²) in [5.41, 5.74) is 1.06. The predicted octanol–water partition coefficient (Wildman–Crippen LogP) is 2.79. The number of hydrogen-bond donors (Lipinski definition) is 0. The van der Waals surface area contributed by atoms with Crippen molar-refractivity contribution < 1.29 is 19.0 Å². The van der Waals surface area contributed by atoms with Crippen LogP contribution in [0.5, 0.6) is 17.2 Å². The molecule has 1 unspecified atom stereocenters. The van der Waals surface area contributed by atoms with Crippen LogP contribution in [0.3, 0.4) is 0 Å². The molecule has 6 heteroatoms. The average Bonchev–Trinajstić information content (AvgIpc) is 2.67. The summed E-state index contributed by atoms with van der Waals surface area (Å²) in [6.07, 6.45) is 2.01. The van der Waals surface area contributed by atoms with E-state index in [1.165, 1.54) is 0 Å². The number of carbonyl (C=O) groups excluding carboxylic acids is 1. The molecule has 0 spiro atoms. The van der Waals surface area contributed by atoms with Crippen molar-refractivity contribution in [3.05, 3.63) is 17.7 Å². The summed E-state index contributed by atoms with van der Waals surface area (Å²) in [6.45, 7) is 8.20. The number of amides is 1. The maximum absolute atomic E-state index is 12.5. The van der Waals surface area contributed by atoms with Gasteiger partial charge in [-0.25, -0.2) is 0 Å². The highest BCUT2D eigenvalue weighted by Gasteiger charge is 2.25. The fourth-order valence-electron chi connectivity index (χ4n) is 3.52. The van der Waals surface area contributed by atoms with Gasteiger partial charge in [0.15, 0.2) is 11.5 Å². The lowest BCUT2D eigenvalue weighted by Crippen LogP contribution is -2.49. The Labute approximate surface area is 157 Å². The van der Waals surface area contributed by atoms with Gasteiger partial charge in [-0.05, 0) is 12.5 Å². The summed E-state index contributed by atoms with van der Waals surface area (Å²) in [7, 11) is 4.88. The molecule has 0 aliphatic carbocycles. The second kappa shape index (κ2) is 9.67. The van der Waals surface area contributed by atoms with Crippen molar-refractivity contribution in [2.75, 3.05) is 47.5 Å². The van der Waals surface area contributed by atoms with E-state index in [0.717, 1.165) is 51.1 Å². The van der Waals surface area contributed by atoms with Crippen LogP contribution >= 0.6 is 0 Å². The molecule has 1 aromatic carbocycles. The highest BCUT2D eigenvalue weighted by atomic mass is 16.5. The molecule has 0 radical (unpaired) electrons. The molecule has 1 atom stereocenters. The van der Waals surface area contributed by atoms with Crippen LogP contribution in [0, 0.1) is 5.92 Å². The first kappa shape index (κ1) is 20.4. The van der Waals surface area contributed by atoms with E-state index in [1.54, 1.807) is 21.3 Å². The number of rotatable bonds is 8. The molecule has 0 aromatic heterocycles. The maximum Gasteiger partial charge on any atom is 0.225 e. The first-order valence-electron chi connectivity index (χ1n) is 9.34. The standard InChI is InChI=1S/C20H32N2O4/c1-6-7-15(2)20(23)22-12-10-21(11-13-22)14-16-8-9-17(24-3)19(26-5)18(16)25-4/h8-9,15H,6-7,10-14H2,1-5H3. The molecule has 26 heavy (non-hydrogen) atoms. The number of piperazine rings is 1. The van der Waals surface area contributed by atoms with E-state index in [2.05, 4.69) is 11.8 Å². The summed E-state index contributed by atoms with van der Waals surface area (Å²) >= 11 is 0. The van der Waals surface area contributed by atoms with Gasteiger partial charge < -0.3 is 19.1 Å². The molecule has 146 valence electrons. The highest BCUT2D eigenvalue weighted by Crippen LogP contribution is 2.40. The minimum Gasteiger partial charge on any atom is -0.493 e. The predicted molar refractivity (Wildman–Crippen MR) is 102 cm³/mol. The van der Waals surface area contributed by atoms with Gasteiger partial charge in [-0.1, -0.05) is 26.3 Å². The smallest absolute Gasteiger partial charge is 0.225 e. The number of nitrogens with zero attached hydrogens (tertiary/aromatic N) is 2. The summed E-state index contributed by atoms with van der Waals surface area (Å²) in [6, 6.07) is 3.92. The molecule has 0 N–H and O–H groups in total. The van der Waals surface area contributed by atoms with Crippen molar-refractivity contribution in [3.8, 4) is 17.2 Å². The molecular formula is C20H32N2O4. The van der Waals surface area contributed by atoms with Crippen molar-refractivity contribution in [2.45, 2.75) is 33.2 Å². The Bertz CT molecular complexity index is 598. The van der Waals surface area contributed by atoms with Crippen LogP contribution in [0.4, 0.5) is 0 Å². The fraction of sp³-hybridized carbons (Fsp3) is 0.650. The lowest BCUT2D eigenvalue weighted by molar-refractivity contribution is -0.137. The molecule has 1 fully saturated rings. The quantitative estimate of drug-likeness (QED) is 0.710. The molecule has 1 aliphatic heterocycles. The topological polar surface area (TPSA) is 51.2 Å². The summed E-state index contributed by atoms with van der Waals surface area (Å²) in [5.74, 6) is 2.40. The van der Waals surface area contributed by atoms with Crippen LogP contribution in [0.1, 0.15) is 32.3 Å². The van der Waals surface area contributed by atoms with Gasteiger partial charge >= 0.3 is 0 Å². The van der Waals surface area contributed by atoms with Gasteiger partial charge in [-0.2, -0.15) is 0 Å². The van der Waals surface area contributed by atoms with E-state index < -0.39 is 0 Å². The van der Waals surface area contributed by atoms with Crippen LogP contribution in [0.2, 0.25) is 0 Å². The minimum absolute atomic E-state index is 0.123. The van der Waals surface area contributed by atoms with E-state index in [4.69, 9.17) is 14.2 Å². The summed E-state index contributed by atoms with van der Waals surface area (Å²) in [4.78, 5) is 16.8. The Morgan fingerprint density at radius 2 is 1.69 bits per heavy atom. The van der Waals surface area contributed by atoms with Crippen molar-refractivity contribution >= 4 is 5.91 Å². The highest BCUT2D eigenvalue weighted by molar-refractivity contribution is 5.78. The van der Waals surface area contributed by atoms with Gasteiger partial charge in [-0.15, -0.1) is 0 Å². The van der Waals surface area contributed by atoms with Crippen LogP contribution in [0.25, 0.3) is 0 Å². The molecule has 1 heterocycles. The maximum atomic E-state index is 12.5. The van der Waals surface area contributed by atoms with E-state index in [9.17, 15) is 4.79 Å². The number of carbonyl (C=O) groups is 1. The third kappa shape index (κ3) is 4.61. The van der Waals surface area contributed by atoms with Gasteiger partial charge in [-0.3, -0.25) is 9.69 Å². The third-order valence-corrected chi connectivity index (χ3v) is 5.01. The SMILES string of the molecule is CCCC(C)C(=O)N1CCN(Cc2ccc(OC)c(OC)c2OC)CC1. The summed E-state index contributed by atoms with van der Waals surface area (Å²) < 4.78 is 16.4. The molecule has 1 amide bonds. The largest absolute Gasteiger partial charge is 0.493 e. The van der Waals surface area contributed by atoms with Crippen LogP contribution in [-0.4, -0.2) is 63.2 Å². The summed E-state index contributed by atoms with van der Waals surface area (Å²) in [5, 5.41) is 0. The second-order valence-corrected chi connectivity index (χ2v) is 6.78. The number of hydrogen-bond acceptors (Lipinski definition) is 5. The Morgan fingerprint density at radius 1 is 1.04 bits per heavy atom. The normalized spacial score (nSPS) is 16.3. The molecule has 2 rings (SSSR count). The zero-order valence-electron chi connectivity index (χ0n) is 16.7. The Kier molecular flexibility index (Phi) is 7.57. The number of methoxy groups -OCH3 is 3. The zero-order chi connectivity index (χ0) is 19.1. The first-order valence-corrected chi connectivity index (χ1v) is 9.34. The van der Waals surface area contributed by atoms with Crippen LogP contribution in [-0.2, 0) is 11.3 Å². The van der Waals surface area contributed by atoms with E-state index in [0.29, 0.717) is 17.2 Å². The Morgan fingerprint density at radius 3 is 2.23 bits per heavy atom.